The fraction of sp³-hybridized carbons (Fsp3) is 0.538. The van der Waals surface area contributed by atoms with Crippen molar-refractivity contribution in [1.29, 1.82) is 0 Å². The van der Waals surface area contributed by atoms with E-state index in [1.54, 1.807) is 0 Å². The summed E-state index contributed by atoms with van der Waals surface area (Å²) in [6.07, 6.45) is 1.36. The van der Waals surface area contributed by atoms with Crippen molar-refractivity contribution in [2.24, 2.45) is 11.8 Å². The molecule has 0 aliphatic heterocycles. The molecule has 2 rings (SSSR count). The van der Waals surface area contributed by atoms with Crippen LogP contribution in [0.15, 0.2) is 18.2 Å². The summed E-state index contributed by atoms with van der Waals surface area (Å²) in [6.45, 7) is 4.29. The lowest BCUT2D eigenvalue weighted by molar-refractivity contribution is 0.308. The number of nitrogen functional groups attached to an aromatic ring is 1. The molecule has 0 saturated heterocycles. The molecule has 1 saturated carbocycles. The van der Waals surface area contributed by atoms with Crippen molar-refractivity contribution < 1.29 is 0 Å². The van der Waals surface area contributed by atoms with Gasteiger partial charge in [-0.2, -0.15) is 0 Å². The summed E-state index contributed by atoms with van der Waals surface area (Å²) in [4.78, 5) is 2.31. The highest BCUT2D eigenvalue weighted by molar-refractivity contribution is 6.31. The van der Waals surface area contributed by atoms with Crippen LogP contribution in [0.2, 0.25) is 5.02 Å². The number of anilines is 1. The van der Waals surface area contributed by atoms with E-state index in [0.29, 0.717) is 0 Å². The van der Waals surface area contributed by atoms with Crippen LogP contribution in [0.25, 0.3) is 0 Å². The summed E-state index contributed by atoms with van der Waals surface area (Å²) in [5.41, 5.74) is 7.78. The van der Waals surface area contributed by atoms with Gasteiger partial charge in [-0.15, -0.1) is 0 Å². The molecule has 1 aromatic rings. The Morgan fingerprint density at radius 3 is 2.75 bits per heavy atom. The molecule has 1 aliphatic carbocycles. The Bertz CT molecular complexity index is 358. The molecule has 2 nitrogen and oxygen atoms in total. The number of hydrogen-bond acceptors (Lipinski definition) is 2. The Morgan fingerprint density at radius 1 is 1.50 bits per heavy atom. The molecule has 0 bridgehead atoms. The van der Waals surface area contributed by atoms with Crippen molar-refractivity contribution >= 4 is 17.3 Å². The number of benzene rings is 1. The van der Waals surface area contributed by atoms with Crippen LogP contribution >= 0.6 is 11.6 Å². The Morgan fingerprint density at radius 2 is 2.19 bits per heavy atom. The molecule has 0 aromatic heterocycles. The van der Waals surface area contributed by atoms with Gasteiger partial charge >= 0.3 is 0 Å². The minimum Gasteiger partial charge on any atom is -0.398 e. The van der Waals surface area contributed by atoms with Gasteiger partial charge in [-0.25, -0.2) is 0 Å². The molecule has 16 heavy (non-hydrogen) atoms. The normalized spacial score (nSPS) is 23.8. The predicted octanol–water partition coefficient (Wildman–Crippen LogP) is 3.01. The zero-order valence-electron chi connectivity index (χ0n) is 9.91. The molecular weight excluding hydrogens is 220 g/mol. The van der Waals surface area contributed by atoms with Gasteiger partial charge in [0.1, 0.15) is 0 Å². The molecule has 2 N–H and O–H groups in total. The van der Waals surface area contributed by atoms with E-state index in [1.807, 2.05) is 18.2 Å². The van der Waals surface area contributed by atoms with Gasteiger partial charge in [0.2, 0.25) is 0 Å². The minimum atomic E-state index is 0.774. The first-order valence-corrected chi connectivity index (χ1v) is 6.17. The largest absolute Gasteiger partial charge is 0.398 e. The highest BCUT2D eigenvalue weighted by atomic mass is 35.5. The lowest BCUT2D eigenvalue weighted by Gasteiger charge is -2.18. The van der Waals surface area contributed by atoms with Crippen LogP contribution < -0.4 is 5.73 Å². The molecule has 0 amide bonds. The molecule has 2 unspecified atom stereocenters. The molecule has 2 atom stereocenters. The highest BCUT2D eigenvalue weighted by Gasteiger charge is 2.33. The Labute approximate surface area is 102 Å². The summed E-state index contributed by atoms with van der Waals surface area (Å²) >= 11 is 6.15. The fourth-order valence-electron chi connectivity index (χ4n) is 2.13. The van der Waals surface area contributed by atoms with Crippen LogP contribution in [0, 0.1) is 11.8 Å². The summed E-state index contributed by atoms with van der Waals surface area (Å²) in [5, 5.41) is 0.774. The predicted molar refractivity (Wildman–Crippen MR) is 69.5 cm³/mol. The van der Waals surface area contributed by atoms with Crippen LogP contribution in [-0.2, 0) is 6.54 Å². The molecule has 88 valence electrons. The van der Waals surface area contributed by atoms with Crippen LogP contribution in [0.3, 0.4) is 0 Å². The summed E-state index contributed by atoms with van der Waals surface area (Å²) < 4.78 is 0. The first-order chi connectivity index (χ1) is 7.58. The van der Waals surface area contributed by atoms with Crippen LogP contribution in [-0.4, -0.2) is 18.5 Å². The van der Waals surface area contributed by atoms with E-state index >= 15 is 0 Å². The molecule has 0 heterocycles. The van der Waals surface area contributed by atoms with Crippen molar-refractivity contribution in [1.82, 2.24) is 4.90 Å². The van der Waals surface area contributed by atoms with Gasteiger partial charge in [-0.1, -0.05) is 24.6 Å². The average Bonchev–Trinajstić information content (AvgIpc) is 2.88. The lowest BCUT2D eigenvalue weighted by atomic mass is 10.1. The first-order valence-electron chi connectivity index (χ1n) is 5.79. The van der Waals surface area contributed by atoms with Gasteiger partial charge in [-0.05, 0) is 37.4 Å². The van der Waals surface area contributed by atoms with Crippen LogP contribution in [0.4, 0.5) is 5.69 Å². The molecule has 3 heteroatoms. The van der Waals surface area contributed by atoms with Gasteiger partial charge in [0.25, 0.3) is 0 Å². The standard InChI is InChI=1S/C13H19ClN2/c1-9-6-10(9)7-16(2)8-11-12(14)4-3-5-13(11)15/h3-5,9-10H,6-8,15H2,1-2H3. The number of rotatable bonds is 4. The summed E-state index contributed by atoms with van der Waals surface area (Å²) in [6, 6.07) is 5.71. The smallest absolute Gasteiger partial charge is 0.0471 e. The maximum Gasteiger partial charge on any atom is 0.0471 e. The van der Waals surface area contributed by atoms with Crippen molar-refractivity contribution in [3.05, 3.63) is 28.8 Å². The van der Waals surface area contributed by atoms with E-state index in [4.69, 9.17) is 17.3 Å². The zero-order valence-corrected chi connectivity index (χ0v) is 10.7. The number of halogens is 1. The van der Waals surface area contributed by atoms with E-state index in [1.165, 1.54) is 6.42 Å². The Hall–Kier alpha value is -0.730. The van der Waals surface area contributed by atoms with E-state index in [2.05, 4.69) is 18.9 Å². The third kappa shape index (κ3) is 2.69. The first kappa shape index (κ1) is 11.7. The topological polar surface area (TPSA) is 29.3 Å². The van der Waals surface area contributed by atoms with Gasteiger partial charge in [0.05, 0.1) is 0 Å². The molecule has 1 aromatic carbocycles. The van der Waals surface area contributed by atoms with E-state index in [-0.39, 0.29) is 0 Å². The highest BCUT2D eigenvalue weighted by Crippen LogP contribution is 2.38. The van der Waals surface area contributed by atoms with Crippen molar-refractivity contribution in [3.63, 3.8) is 0 Å². The monoisotopic (exact) mass is 238 g/mol. The lowest BCUT2D eigenvalue weighted by Crippen LogP contribution is -2.21. The number of hydrogen-bond donors (Lipinski definition) is 1. The second-order valence-electron chi connectivity index (χ2n) is 4.98. The summed E-state index contributed by atoms with van der Waals surface area (Å²) in [7, 11) is 2.13. The quantitative estimate of drug-likeness (QED) is 0.818. The van der Waals surface area contributed by atoms with Gasteiger partial charge in [0, 0.05) is 29.4 Å². The Balaban J connectivity index is 1.97. The zero-order chi connectivity index (χ0) is 11.7. The second kappa shape index (κ2) is 4.64. The van der Waals surface area contributed by atoms with Crippen LogP contribution in [0.5, 0.6) is 0 Å². The van der Waals surface area contributed by atoms with Crippen molar-refractivity contribution in [2.45, 2.75) is 19.9 Å². The Kier molecular flexibility index (Phi) is 3.41. The fourth-order valence-corrected chi connectivity index (χ4v) is 2.37. The van der Waals surface area contributed by atoms with Gasteiger partial charge in [0.15, 0.2) is 0 Å². The van der Waals surface area contributed by atoms with Crippen molar-refractivity contribution in [2.75, 3.05) is 19.3 Å². The average molecular weight is 239 g/mol. The second-order valence-corrected chi connectivity index (χ2v) is 5.38. The third-order valence-electron chi connectivity index (χ3n) is 3.41. The number of nitrogens with two attached hydrogens (primary N) is 1. The maximum atomic E-state index is 6.15. The number of nitrogens with zero attached hydrogens (tertiary/aromatic N) is 1. The van der Waals surface area contributed by atoms with E-state index < -0.39 is 0 Å². The van der Waals surface area contributed by atoms with Crippen molar-refractivity contribution in [3.8, 4) is 0 Å². The summed E-state index contributed by atoms with van der Waals surface area (Å²) in [5.74, 6) is 1.76. The molecule has 1 fully saturated rings. The minimum absolute atomic E-state index is 0.774. The third-order valence-corrected chi connectivity index (χ3v) is 3.76. The molecule has 1 aliphatic rings. The SMILES string of the molecule is CC1CC1CN(C)Cc1c(N)cccc1Cl. The maximum absolute atomic E-state index is 6.15. The van der Waals surface area contributed by atoms with Gasteiger partial charge in [-0.3, -0.25) is 0 Å². The molecule has 0 spiro atoms. The van der Waals surface area contributed by atoms with E-state index in [9.17, 15) is 0 Å². The molecule has 0 radical (unpaired) electrons. The van der Waals surface area contributed by atoms with E-state index in [0.717, 1.165) is 41.2 Å². The van der Waals surface area contributed by atoms with Crippen LogP contribution in [0.1, 0.15) is 18.9 Å². The molecular formula is C13H19ClN2. The van der Waals surface area contributed by atoms with Gasteiger partial charge < -0.3 is 10.6 Å².